The standard InChI is InChI=1S/C23H35NO3S3.C7H12O4.C3H8/c1-22(2,16-18-8-6-5-7-9-18)17-19(20(26)24-10-13-27-14-11-24)23(3,4)30-21(28)29-15-12-25;1-5(2)6(9)4-11-7(10)3-8;1-3-2/h5-9,19,25H,10-17H2,1-4H3;5,8H,3-4H2,1-2H3;3H2,1-2H3. The fourth-order valence-electron chi connectivity index (χ4n) is 4.22. The SMILES string of the molecule is CC(C)(Cc1ccccc1)CC(C(=O)N1CCOCC1)C(C)(C)SC(=S)SCCO.CC(C)C(=O)COC(=O)CO.CCC. The van der Waals surface area contributed by atoms with Crippen molar-refractivity contribution in [3.63, 3.8) is 0 Å². The highest BCUT2D eigenvalue weighted by Gasteiger charge is 2.42. The van der Waals surface area contributed by atoms with Crippen LogP contribution in [0.5, 0.6) is 0 Å². The maximum absolute atomic E-state index is 13.6. The Balaban J connectivity index is 0.00000110. The van der Waals surface area contributed by atoms with Crippen molar-refractivity contribution in [2.45, 2.75) is 79.4 Å². The van der Waals surface area contributed by atoms with E-state index in [4.69, 9.17) is 27.2 Å². The molecule has 2 rings (SSSR count). The second-order valence-electron chi connectivity index (χ2n) is 12.2. The molecule has 0 radical (unpaired) electrons. The smallest absolute Gasteiger partial charge is 0.332 e. The summed E-state index contributed by atoms with van der Waals surface area (Å²) in [4.78, 5) is 36.7. The van der Waals surface area contributed by atoms with Gasteiger partial charge in [0.05, 0.1) is 25.7 Å². The number of thiocarbonyl (C=S) groups is 1. The first kappa shape index (κ1) is 42.5. The van der Waals surface area contributed by atoms with E-state index in [2.05, 4.69) is 70.5 Å². The summed E-state index contributed by atoms with van der Waals surface area (Å²) in [5, 5.41) is 17.3. The van der Waals surface area contributed by atoms with Gasteiger partial charge in [-0.3, -0.25) is 9.59 Å². The molecule has 1 aliphatic rings. The number of Topliss-reactive ketones (excluding diaryl/α,β-unsaturated/α-hetero) is 1. The van der Waals surface area contributed by atoms with Gasteiger partial charge in [0.15, 0.2) is 5.78 Å². The van der Waals surface area contributed by atoms with Gasteiger partial charge in [0.2, 0.25) is 5.91 Å². The number of esters is 1. The van der Waals surface area contributed by atoms with Gasteiger partial charge in [-0.25, -0.2) is 4.79 Å². The number of rotatable bonds is 13. The molecule has 1 saturated heterocycles. The Labute approximate surface area is 279 Å². The van der Waals surface area contributed by atoms with Gasteiger partial charge in [-0.1, -0.05) is 90.5 Å². The Bertz CT molecular complexity index is 981. The molecule has 1 heterocycles. The van der Waals surface area contributed by atoms with Crippen molar-refractivity contribution in [3.8, 4) is 0 Å². The van der Waals surface area contributed by atoms with Crippen LogP contribution >= 0.6 is 35.7 Å². The van der Waals surface area contributed by atoms with E-state index in [-0.39, 0.29) is 46.9 Å². The topological polar surface area (TPSA) is 113 Å². The van der Waals surface area contributed by atoms with Crippen LogP contribution in [0.1, 0.15) is 73.8 Å². The highest BCUT2D eigenvalue weighted by molar-refractivity contribution is 8.47. The van der Waals surface area contributed by atoms with E-state index >= 15 is 0 Å². The van der Waals surface area contributed by atoms with E-state index < -0.39 is 12.6 Å². The Morgan fingerprint density at radius 3 is 2.11 bits per heavy atom. The second-order valence-corrected chi connectivity index (χ2v) is 16.1. The van der Waals surface area contributed by atoms with Crippen LogP contribution in [-0.2, 0) is 30.3 Å². The summed E-state index contributed by atoms with van der Waals surface area (Å²) in [6.07, 6.45) is 2.95. The van der Waals surface area contributed by atoms with Crippen LogP contribution in [0.3, 0.4) is 0 Å². The highest BCUT2D eigenvalue weighted by atomic mass is 32.2. The number of morpholine rings is 1. The fourth-order valence-corrected chi connectivity index (χ4v) is 7.25. The molecule has 1 aliphatic heterocycles. The molecule has 44 heavy (non-hydrogen) atoms. The van der Waals surface area contributed by atoms with Crippen LogP contribution in [0.25, 0.3) is 0 Å². The third kappa shape index (κ3) is 18.5. The molecule has 0 bridgehead atoms. The fraction of sp³-hybridized carbons (Fsp3) is 0.697. The third-order valence-corrected chi connectivity index (χ3v) is 9.36. The number of aliphatic hydroxyl groups is 2. The van der Waals surface area contributed by atoms with Crippen molar-refractivity contribution in [1.29, 1.82) is 0 Å². The predicted octanol–water partition coefficient (Wildman–Crippen LogP) is 5.81. The van der Waals surface area contributed by atoms with Gasteiger partial charge in [-0.05, 0) is 37.7 Å². The number of ketones is 1. The molecule has 1 unspecified atom stereocenters. The first-order valence-corrected chi connectivity index (χ1v) is 17.5. The molecule has 0 aliphatic carbocycles. The Hall–Kier alpha value is -1.50. The number of nitrogens with zero attached hydrogens (tertiary/aromatic N) is 1. The highest BCUT2D eigenvalue weighted by Crippen LogP contribution is 2.44. The third-order valence-electron chi connectivity index (χ3n) is 6.55. The summed E-state index contributed by atoms with van der Waals surface area (Å²) in [5.74, 6) is -0.421. The lowest BCUT2D eigenvalue weighted by molar-refractivity contribution is -0.151. The summed E-state index contributed by atoms with van der Waals surface area (Å²) in [7, 11) is 0. The Morgan fingerprint density at radius 1 is 1.05 bits per heavy atom. The zero-order valence-electron chi connectivity index (χ0n) is 27.9. The molecule has 11 heteroatoms. The molecule has 0 aromatic heterocycles. The second kappa shape index (κ2) is 22.9. The Kier molecular flexibility index (Phi) is 22.1. The molecule has 8 nitrogen and oxygen atoms in total. The van der Waals surface area contributed by atoms with Crippen LogP contribution in [0.2, 0.25) is 0 Å². The summed E-state index contributed by atoms with van der Waals surface area (Å²) >= 11 is 8.63. The molecule has 1 atom stereocenters. The van der Waals surface area contributed by atoms with E-state index in [1.165, 1.54) is 23.7 Å². The van der Waals surface area contributed by atoms with Crippen molar-refractivity contribution in [2.24, 2.45) is 17.3 Å². The first-order chi connectivity index (χ1) is 20.6. The number of aliphatic hydroxyl groups excluding tert-OH is 2. The van der Waals surface area contributed by atoms with Crippen molar-refractivity contribution >= 4 is 56.9 Å². The predicted molar refractivity (Wildman–Crippen MR) is 187 cm³/mol. The molecule has 1 aromatic rings. The maximum atomic E-state index is 13.6. The Morgan fingerprint density at radius 2 is 1.61 bits per heavy atom. The summed E-state index contributed by atoms with van der Waals surface area (Å²) < 4.78 is 10.3. The normalized spacial score (nSPS) is 14.0. The number of ether oxygens (including phenoxy) is 2. The van der Waals surface area contributed by atoms with Gasteiger partial charge in [0.25, 0.3) is 0 Å². The molecule has 1 aromatic carbocycles. The van der Waals surface area contributed by atoms with Crippen LogP contribution in [0.4, 0.5) is 0 Å². The van der Waals surface area contributed by atoms with Gasteiger partial charge < -0.3 is 24.6 Å². The average molecular weight is 674 g/mol. The molecule has 1 fully saturated rings. The molecule has 1 amide bonds. The average Bonchev–Trinajstić information content (AvgIpc) is 2.98. The number of hydrogen-bond acceptors (Lipinski definition) is 10. The van der Waals surface area contributed by atoms with E-state index in [0.29, 0.717) is 32.1 Å². The van der Waals surface area contributed by atoms with Gasteiger partial charge in [-0.15, -0.1) is 23.5 Å². The van der Waals surface area contributed by atoms with Crippen molar-refractivity contribution in [3.05, 3.63) is 35.9 Å². The van der Waals surface area contributed by atoms with Crippen molar-refractivity contribution in [1.82, 2.24) is 4.90 Å². The van der Waals surface area contributed by atoms with Crippen LogP contribution in [-0.4, -0.2) is 92.9 Å². The molecule has 0 saturated carbocycles. The zero-order chi connectivity index (χ0) is 33.8. The number of amides is 1. The molecule has 252 valence electrons. The zero-order valence-corrected chi connectivity index (χ0v) is 30.4. The summed E-state index contributed by atoms with van der Waals surface area (Å²) in [5.41, 5.74) is 1.26. The quantitative estimate of drug-likeness (QED) is 0.197. The number of carbonyl (C=O) groups excluding carboxylic acids is 3. The van der Waals surface area contributed by atoms with Crippen LogP contribution in [0.15, 0.2) is 30.3 Å². The van der Waals surface area contributed by atoms with Gasteiger partial charge in [0, 0.05) is 29.5 Å². The van der Waals surface area contributed by atoms with Crippen molar-refractivity contribution < 1.29 is 34.1 Å². The lowest BCUT2D eigenvalue weighted by Crippen LogP contribution is -2.49. The van der Waals surface area contributed by atoms with E-state index in [1.807, 2.05) is 11.0 Å². The van der Waals surface area contributed by atoms with E-state index in [1.54, 1.807) is 25.6 Å². The van der Waals surface area contributed by atoms with Crippen LogP contribution in [0, 0.1) is 17.3 Å². The minimum Gasteiger partial charge on any atom is -0.456 e. The minimum absolute atomic E-state index is 0.0361. The maximum Gasteiger partial charge on any atom is 0.332 e. The lowest BCUT2D eigenvalue weighted by Gasteiger charge is -2.41. The molecule has 2 N–H and O–H groups in total. The number of benzene rings is 1. The number of carbonyl (C=O) groups is 3. The van der Waals surface area contributed by atoms with Crippen LogP contribution < -0.4 is 0 Å². The number of hydrogen-bond donors (Lipinski definition) is 2. The molecular formula is C33H55NO7S3. The van der Waals surface area contributed by atoms with E-state index in [0.717, 1.165) is 16.4 Å². The lowest BCUT2D eigenvalue weighted by atomic mass is 9.74. The summed E-state index contributed by atoms with van der Waals surface area (Å²) in [6, 6.07) is 10.5. The molecular weight excluding hydrogens is 619 g/mol. The minimum atomic E-state index is -0.765. The summed E-state index contributed by atoms with van der Waals surface area (Å²) in [6.45, 7) is 18.1. The largest absolute Gasteiger partial charge is 0.456 e. The number of thioether (sulfide) groups is 2. The monoisotopic (exact) mass is 673 g/mol. The van der Waals surface area contributed by atoms with E-state index in [9.17, 15) is 14.4 Å². The molecule has 0 spiro atoms. The van der Waals surface area contributed by atoms with Gasteiger partial charge >= 0.3 is 5.97 Å². The van der Waals surface area contributed by atoms with Gasteiger partial charge in [0.1, 0.15) is 16.7 Å². The van der Waals surface area contributed by atoms with Gasteiger partial charge in [-0.2, -0.15) is 0 Å². The van der Waals surface area contributed by atoms with Crippen molar-refractivity contribution in [2.75, 3.05) is 51.9 Å². The first-order valence-electron chi connectivity index (χ1n) is 15.3.